The molecule has 1 fully saturated rings. The minimum atomic E-state index is -0.644. The summed E-state index contributed by atoms with van der Waals surface area (Å²) in [5.74, 6) is 0.417. The molecule has 1 aromatic carbocycles. The third-order valence-electron chi connectivity index (χ3n) is 3.74. The Bertz CT molecular complexity index is 401. The van der Waals surface area contributed by atoms with Gasteiger partial charge in [-0.3, -0.25) is 0 Å². The molecule has 1 unspecified atom stereocenters. The Labute approximate surface area is 102 Å². The molecular formula is C14H20FNO. The number of hydrogen-bond acceptors (Lipinski definition) is 2. The lowest BCUT2D eigenvalue weighted by Crippen LogP contribution is -2.32. The maximum Gasteiger partial charge on any atom is 0.146 e. The molecule has 0 radical (unpaired) electrons. The number of para-hydroxylation sites is 1. The van der Waals surface area contributed by atoms with Gasteiger partial charge in [-0.15, -0.1) is 0 Å². The molecule has 1 aliphatic carbocycles. The second-order valence-electron chi connectivity index (χ2n) is 5.04. The van der Waals surface area contributed by atoms with Crippen LogP contribution in [0.15, 0.2) is 18.2 Å². The topological polar surface area (TPSA) is 23.5 Å². The molecule has 2 rings (SSSR count). The SMILES string of the molecule is CC(C1CC1)N(C)c1c(F)cccc1[C@H](C)O. The molecule has 0 heterocycles. The fourth-order valence-electron chi connectivity index (χ4n) is 2.34. The number of aliphatic hydroxyl groups is 1. The zero-order valence-electron chi connectivity index (χ0n) is 10.7. The van der Waals surface area contributed by atoms with Crippen LogP contribution in [0.5, 0.6) is 0 Å². The highest BCUT2D eigenvalue weighted by molar-refractivity contribution is 5.56. The average molecular weight is 237 g/mol. The predicted molar refractivity (Wildman–Crippen MR) is 67.6 cm³/mol. The van der Waals surface area contributed by atoms with Gasteiger partial charge in [-0.05, 0) is 38.7 Å². The lowest BCUT2D eigenvalue weighted by molar-refractivity contribution is 0.199. The van der Waals surface area contributed by atoms with Gasteiger partial charge in [-0.1, -0.05) is 12.1 Å². The molecule has 2 nitrogen and oxygen atoms in total. The first-order valence-electron chi connectivity index (χ1n) is 6.21. The molecule has 1 N–H and O–H groups in total. The van der Waals surface area contributed by atoms with Crippen molar-refractivity contribution in [3.63, 3.8) is 0 Å². The summed E-state index contributed by atoms with van der Waals surface area (Å²) in [6, 6.07) is 5.22. The molecule has 0 spiro atoms. The summed E-state index contributed by atoms with van der Waals surface area (Å²) >= 11 is 0. The van der Waals surface area contributed by atoms with Crippen LogP contribution < -0.4 is 4.90 Å². The maximum atomic E-state index is 14.0. The van der Waals surface area contributed by atoms with Gasteiger partial charge in [0.25, 0.3) is 0 Å². The van der Waals surface area contributed by atoms with Crippen LogP contribution in [0.4, 0.5) is 10.1 Å². The molecule has 1 saturated carbocycles. The molecule has 3 heteroatoms. The summed E-state index contributed by atoms with van der Waals surface area (Å²) in [6.07, 6.45) is 1.81. The third-order valence-corrected chi connectivity index (χ3v) is 3.74. The molecular weight excluding hydrogens is 217 g/mol. The van der Waals surface area contributed by atoms with Crippen LogP contribution >= 0.6 is 0 Å². The lowest BCUT2D eigenvalue weighted by atomic mass is 10.0. The number of anilines is 1. The fourth-order valence-corrected chi connectivity index (χ4v) is 2.34. The summed E-state index contributed by atoms with van der Waals surface area (Å²) in [5.41, 5.74) is 1.21. The van der Waals surface area contributed by atoms with E-state index in [-0.39, 0.29) is 5.82 Å². The monoisotopic (exact) mass is 237 g/mol. The summed E-state index contributed by atoms with van der Waals surface area (Å²) in [6.45, 7) is 3.80. The van der Waals surface area contributed by atoms with Gasteiger partial charge in [-0.25, -0.2) is 4.39 Å². The quantitative estimate of drug-likeness (QED) is 0.869. The van der Waals surface area contributed by atoms with Crippen molar-refractivity contribution < 1.29 is 9.50 Å². The van der Waals surface area contributed by atoms with Gasteiger partial charge in [-0.2, -0.15) is 0 Å². The third kappa shape index (κ3) is 2.44. The van der Waals surface area contributed by atoms with Crippen molar-refractivity contribution in [1.29, 1.82) is 0 Å². The van der Waals surface area contributed by atoms with Crippen LogP contribution in [-0.4, -0.2) is 18.2 Å². The summed E-state index contributed by atoms with van der Waals surface area (Å²) in [5, 5.41) is 9.72. The van der Waals surface area contributed by atoms with Crippen LogP contribution in [0.25, 0.3) is 0 Å². The van der Waals surface area contributed by atoms with Crippen LogP contribution in [0.3, 0.4) is 0 Å². The smallest absolute Gasteiger partial charge is 0.146 e. The Morgan fingerprint density at radius 2 is 2.00 bits per heavy atom. The first-order chi connectivity index (χ1) is 8.02. The molecule has 1 aromatic rings. The summed E-state index contributed by atoms with van der Waals surface area (Å²) in [4.78, 5) is 1.97. The lowest BCUT2D eigenvalue weighted by Gasteiger charge is -2.30. The van der Waals surface area contributed by atoms with Crippen molar-refractivity contribution >= 4 is 5.69 Å². The number of nitrogens with zero attached hydrogens (tertiary/aromatic N) is 1. The molecule has 1 aliphatic rings. The highest BCUT2D eigenvalue weighted by atomic mass is 19.1. The van der Waals surface area contributed by atoms with Crippen molar-refractivity contribution in [2.24, 2.45) is 5.92 Å². The van der Waals surface area contributed by atoms with Crippen LogP contribution in [0.2, 0.25) is 0 Å². The zero-order valence-corrected chi connectivity index (χ0v) is 10.7. The zero-order chi connectivity index (χ0) is 12.6. The van der Waals surface area contributed by atoms with Gasteiger partial charge >= 0.3 is 0 Å². The Morgan fingerprint density at radius 3 is 2.53 bits per heavy atom. The Morgan fingerprint density at radius 1 is 1.35 bits per heavy atom. The number of hydrogen-bond donors (Lipinski definition) is 1. The van der Waals surface area contributed by atoms with Gasteiger partial charge in [0.1, 0.15) is 5.82 Å². The number of aliphatic hydroxyl groups excluding tert-OH is 1. The van der Waals surface area contributed by atoms with E-state index >= 15 is 0 Å². The van der Waals surface area contributed by atoms with Gasteiger partial charge in [0.05, 0.1) is 11.8 Å². The van der Waals surface area contributed by atoms with E-state index in [0.29, 0.717) is 23.2 Å². The molecule has 0 aromatic heterocycles. The minimum Gasteiger partial charge on any atom is -0.389 e. The molecule has 0 amide bonds. The van der Waals surface area contributed by atoms with E-state index in [4.69, 9.17) is 0 Å². The van der Waals surface area contributed by atoms with Crippen molar-refractivity contribution in [3.8, 4) is 0 Å². The first-order valence-corrected chi connectivity index (χ1v) is 6.21. The minimum absolute atomic E-state index is 0.251. The van der Waals surface area contributed by atoms with Gasteiger partial charge < -0.3 is 10.0 Å². The van der Waals surface area contributed by atoms with Crippen molar-refractivity contribution in [3.05, 3.63) is 29.6 Å². The highest BCUT2D eigenvalue weighted by Crippen LogP contribution is 2.38. The standard InChI is InChI=1S/C14H20FNO/c1-9(11-7-8-11)16(3)14-12(10(2)17)5-4-6-13(14)15/h4-6,9-11,17H,7-8H2,1-3H3/t9?,10-/m0/s1. The van der Waals surface area contributed by atoms with E-state index in [1.807, 2.05) is 11.9 Å². The fraction of sp³-hybridized carbons (Fsp3) is 0.571. The summed E-state index contributed by atoms with van der Waals surface area (Å²) in [7, 11) is 1.91. The van der Waals surface area contributed by atoms with Crippen molar-refractivity contribution in [2.45, 2.75) is 38.8 Å². The highest BCUT2D eigenvalue weighted by Gasteiger charge is 2.32. The van der Waals surface area contributed by atoms with Crippen LogP contribution in [0.1, 0.15) is 38.4 Å². The normalized spacial score (nSPS) is 18.9. The average Bonchev–Trinajstić information content (AvgIpc) is 3.10. The Hall–Kier alpha value is -1.09. The van der Waals surface area contributed by atoms with Crippen molar-refractivity contribution in [1.82, 2.24) is 0 Å². The maximum absolute atomic E-state index is 14.0. The van der Waals surface area contributed by atoms with E-state index in [1.165, 1.54) is 18.9 Å². The van der Waals surface area contributed by atoms with E-state index in [0.717, 1.165) is 0 Å². The van der Waals surface area contributed by atoms with E-state index in [9.17, 15) is 9.50 Å². The second kappa shape index (κ2) is 4.65. The Balaban J connectivity index is 2.34. The largest absolute Gasteiger partial charge is 0.389 e. The Kier molecular flexibility index (Phi) is 3.38. The van der Waals surface area contributed by atoms with E-state index < -0.39 is 6.10 Å². The first kappa shape index (κ1) is 12.4. The number of benzene rings is 1. The second-order valence-corrected chi connectivity index (χ2v) is 5.04. The van der Waals surface area contributed by atoms with Gasteiger partial charge in [0.15, 0.2) is 0 Å². The molecule has 0 bridgehead atoms. The van der Waals surface area contributed by atoms with Gasteiger partial charge in [0.2, 0.25) is 0 Å². The molecule has 2 atom stereocenters. The van der Waals surface area contributed by atoms with E-state index in [1.54, 1.807) is 19.1 Å². The van der Waals surface area contributed by atoms with Gasteiger partial charge in [0, 0.05) is 18.7 Å². The molecule has 0 aliphatic heterocycles. The van der Waals surface area contributed by atoms with Crippen LogP contribution in [0, 0.1) is 11.7 Å². The number of rotatable bonds is 4. The predicted octanol–water partition coefficient (Wildman–Crippen LogP) is 3.11. The molecule has 94 valence electrons. The molecule has 17 heavy (non-hydrogen) atoms. The van der Waals surface area contributed by atoms with Crippen LogP contribution in [-0.2, 0) is 0 Å². The summed E-state index contributed by atoms with van der Waals surface area (Å²) < 4.78 is 14.0. The molecule has 0 saturated heterocycles. The van der Waals surface area contributed by atoms with E-state index in [2.05, 4.69) is 6.92 Å². The van der Waals surface area contributed by atoms with Crippen molar-refractivity contribution in [2.75, 3.05) is 11.9 Å². The number of halogens is 1.